The molecular formula is C17H23N3O. The number of rotatable bonds is 5. The number of para-hydroxylation sites is 1. The molecular weight excluding hydrogens is 262 g/mol. The van der Waals surface area contributed by atoms with Crippen molar-refractivity contribution in [2.24, 2.45) is 0 Å². The van der Waals surface area contributed by atoms with E-state index in [1.54, 1.807) is 0 Å². The maximum Gasteiger partial charge on any atom is 0.130 e. The minimum Gasteiger partial charge on any atom is -0.377 e. The van der Waals surface area contributed by atoms with Gasteiger partial charge in [0.1, 0.15) is 5.82 Å². The Bertz CT molecular complexity index is 608. The average molecular weight is 285 g/mol. The van der Waals surface area contributed by atoms with Crippen molar-refractivity contribution in [3.05, 3.63) is 35.9 Å². The minimum atomic E-state index is 0.390. The molecule has 2 heterocycles. The number of hydrogen-bond acceptors (Lipinski definition) is 4. The van der Waals surface area contributed by atoms with Crippen LogP contribution in [0.5, 0.6) is 0 Å². The number of benzene rings is 1. The van der Waals surface area contributed by atoms with Crippen molar-refractivity contribution in [2.45, 2.75) is 25.5 Å². The van der Waals surface area contributed by atoms with Crippen LogP contribution in [0.2, 0.25) is 0 Å². The van der Waals surface area contributed by atoms with Crippen molar-refractivity contribution in [2.75, 3.05) is 32.6 Å². The Morgan fingerprint density at radius 1 is 1.38 bits per heavy atom. The van der Waals surface area contributed by atoms with E-state index in [2.05, 4.69) is 41.5 Å². The molecule has 1 saturated heterocycles. The highest BCUT2D eigenvalue weighted by atomic mass is 16.5. The van der Waals surface area contributed by atoms with Crippen LogP contribution in [0.4, 0.5) is 5.82 Å². The Hall–Kier alpha value is -1.65. The van der Waals surface area contributed by atoms with Gasteiger partial charge >= 0.3 is 0 Å². The van der Waals surface area contributed by atoms with Crippen LogP contribution in [0, 0.1) is 0 Å². The molecule has 1 unspecified atom stereocenters. The van der Waals surface area contributed by atoms with Gasteiger partial charge < -0.3 is 10.1 Å². The molecule has 1 aromatic heterocycles. The molecule has 0 bridgehead atoms. The zero-order chi connectivity index (χ0) is 14.7. The second-order valence-electron chi connectivity index (χ2n) is 5.77. The lowest BCUT2D eigenvalue weighted by atomic mass is 10.1. The van der Waals surface area contributed by atoms with Crippen LogP contribution in [0.25, 0.3) is 10.9 Å². The molecule has 112 valence electrons. The number of likely N-dealkylation sites (N-methyl/N-ethyl adjacent to an activating group) is 1. The lowest BCUT2D eigenvalue weighted by Crippen LogP contribution is -2.28. The van der Waals surface area contributed by atoms with Crippen LogP contribution in [0.15, 0.2) is 30.3 Å². The van der Waals surface area contributed by atoms with Crippen LogP contribution in [-0.2, 0) is 11.3 Å². The van der Waals surface area contributed by atoms with Crippen LogP contribution in [-0.4, -0.2) is 43.2 Å². The topological polar surface area (TPSA) is 37.4 Å². The molecule has 0 radical (unpaired) electrons. The molecule has 0 amide bonds. The van der Waals surface area contributed by atoms with E-state index in [4.69, 9.17) is 9.72 Å². The SMILES string of the molecule is CNc1nc2ccccc2cc1CN(C)CC1CCCO1. The second kappa shape index (κ2) is 6.41. The summed E-state index contributed by atoms with van der Waals surface area (Å²) in [5.41, 5.74) is 2.27. The highest BCUT2D eigenvalue weighted by Gasteiger charge is 2.18. The van der Waals surface area contributed by atoms with Gasteiger partial charge in [0, 0.05) is 37.7 Å². The molecule has 0 aliphatic carbocycles. The summed E-state index contributed by atoms with van der Waals surface area (Å²) in [4.78, 5) is 7.03. The van der Waals surface area contributed by atoms with Gasteiger partial charge in [-0.2, -0.15) is 0 Å². The first-order valence-corrected chi connectivity index (χ1v) is 7.63. The van der Waals surface area contributed by atoms with E-state index in [0.29, 0.717) is 6.10 Å². The summed E-state index contributed by atoms with van der Waals surface area (Å²) in [5, 5.41) is 4.41. The fourth-order valence-electron chi connectivity index (χ4n) is 2.99. The molecule has 0 saturated carbocycles. The van der Waals surface area contributed by atoms with Gasteiger partial charge in [0.05, 0.1) is 11.6 Å². The maximum absolute atomic E-state index is 5.72. The van der Waals surface area contributed by atoms with E-state index in [0.717, 1.165) is 31.0 Å². The van der Waals surface area contributed by atoms with Gasteiger partial charge in [-0.15, -0.1) is 0 Å². The number of ether oxygens (including phenoxy) is 1. The molecule has 4 nitrogen and oxygen atoms in total. The molecule has 2 aromatic rings. The summed E-state index contributed by atoms with van der Waals surface area (Å²) in [6.07, 6.45) is 2.76. The summed E-state index contributed by atoms with van der Waals surface area (Å²) < 4.78 is 5.72. The summed E-state index contributed by atoms with van der Waals surface area (Å²) in [7, 11) is 4.08. The third kappa shape index (κ3) is 3.34. The molecule has 3 rings (SSSR count). The van der Waals surface area contributed by atoms with Gasteiger partial charge in [-0.3, -0.25) is 4.90 Å². The van der Waals surface area contributed by atoms with Gasteiger partial charge in [-0.1, -0.05) is 18.2 Å². The molecule has 0 spiro atoms. The van der Waals surface area contributed by atoms with Gasteiger partial charge in [0.2, 0.25) is 0 Å². The zero-order valence-electron chi connectivity index (χ0n) is 12.8. The van der Waals surface area contributed by atoms with Gasteiger partial charge in [-0.25, -0.2) is 4.98 Å². The number of aromatic nitrogens is 1. The Morgan fingerprint density at radius 3 is 3.00 bits per heavy atom. The number of pyridine rings is 1. The van der Waals surface area contributed by atoms with Crippen molar-refractivity contribution in [1.29, 1.82) is 0 Å². The second-order valence-corrected chi connectivity index (χ2v) is 5.77. The largest absolute Gasteiger partial charge is 0.377 e. The van der Waals surface area contributed by atoms with E-state index in [9.17, 15) is 0 Å². The zero-order valence-corrected chi connectivity index (χ0v) is 12.8. The van der Waals surface area contributed by atoms with Crippen LogP contribution in [0.1, 0.15) is 18.4 Å². The minimum absolute atomic E-state index is 0.390. The summed E-state index contributed by atoms with van der Waals surface area (Å²) in [6, 6.07) is 10.5. The van der Waals surface area contributed by atoms with Crippen molar-refractivity contribution in [3.63, 3.8) is 0 Å². The smallest absolute Gasteiger partial charge is 0.130 e. The Balaban J connectivity index is 1.78. The van der Waals surface area contributed by atoms with Gasteiger partial charge in [0.15, 0.2) is 0 Å². The van der Waals surface area contributed by atoms with E-state index in [1.807, 2.05) is 13.1 Å². The highest BCUT2D eigenvalue weighted by molar-refractivity contribution is 5.81. The molecule has 1 fully saturated rings. The molecule has 1 aromatic carbocycles. The van der Waals surface area contributed by atoms with E-state index < -0.39 is 0 Å². The van der Waals surface area contributed by atoms with Gasteiger partial charge in [0.25, 0.3) is 0 Å². The summed E-state index contributed by atoms with van der Waals surface area (Å²) in [6.45, 7) is 2.78. The summed E-state index contributed by atoms with van der Waals surface area (Å²) >= 11 is 0. The quantitative estimate of drug-likeness (QED) is 0.916. The monoisotopic (exact) mass is 285 g/mol. The number of anilines is 1. The van der Waals surface area contributed by atoms with Gasteiger partial charge in [-0.05, 0) is 32.0 Å². The molecule has 1 N–H and O–H groups in total. The molecule has 21 heavy (non-hydrogen) atoms. The maximum atomic E-state index is 5.72. The first kappa shape index (κ1) is 14.3. The first-order chi connectivity index (χ1) is 10.3. The lowest BCUT2D eigenvalue weighted by Gasteiger charge is -2.21. The number of fused-ring (bicyclic) bond motifs is 1. The number of hydrogen-bond donors (Lipinski definition) is 1. The van der Waals surface area contributed by atoms with Crippen LogP contribution < -0.4 is 5.32 Å². The Labute approximate surface area is 126 Å². The predicted octanol–water partition coefficient (Wildman–Crippen LogP) is 2.89. The molecule has 1 aliphatic rings. The Morgan fingerprint density at radius 2 is 2.24 bits per heavy atom. The summed E-state index contributed by atoms with van der Waals surface area (Å²) in [5.74, 6) is 0.966. The lowest BCUT2D eigenvalue weighted by molar-refractivity contribution is 0.0793. The number of nitrogens with zero attached hydrogens (tertiary/aromatic N) is 2. The van der Waals surface area contributed by atoms with Crippen molar-refractivity contribution >= 4 is 16.7 Å². The van der Waals surface area contributed by atoms with Crippen molar-refractivity contribution in [1.82, 2.24) is 9.88 Å². The van der Waals surface area contributed by atoms with Crippen LogP contribution in [0.3, 0.4) is 0 Å². The number of nitrogens with one attached hydrogen (secondary N) is 1. The van der Waals surface area contributed by atoms with E-state index in [1.165, 1.54) is 23.8 Å². The normalized spacial score (nSPS) is 18.5. The third-order valence-corrected chi connectivity index (χ3v) is 4.02. The average Bonchev–Trinajstić information content (AvgIpc) is 2.99. The predicted molar refractivity (Wildman–Crippen MR) is 86.6 cm³/mol. The van der Waals surface area contributed by atoms with Crippen molar-refractivity contribution in [3.8, 4) is 0 Å². The standard InChI is InChI=1S/C17H23N3O/c1-18-17-14(10-13-6-3-4-8-16(13)19-17)11-20(2)12-15-7-5-9-21-15/h3-4,6,8,10,15H,5,7,9,11-12H2,1-2H3,(H,18,19). The van der Waals surface area contributed by atoms with Crippen molar-refractivity contribution < 1.29 is 4.74 Å². The van der Waals surface area contributed by atoms with E-state index in [-0.39, 0.29) is 0 Å². The molecule has 1 atom stereocenters. The fourth-order valence-corrected chi connectivity index (χ4v) is 2.99. The highest BCUT2D eigenvalue weighted by Crippen LogP contribution is 2.22. The third-order valence-electron chi connectivity index (χ3n) is 4.02. The fraction of sp³-hybridized carbons (Fsp3) is 0.471. The van der Waals surface area contributed by atoms with Crippen LogP contribution >= 0.6 is 0 Å². The Kier molecular flexibility index (Phi) is 4.36. The van der Waals surface area contributed by atoms with E-state index >= 15 is 0 Å². The molecule has 4 heteroatoms. The first-order valence-electron chi connectivity index (χ1n) is 7.63. The molecule has 1 aliphatic heterocycles.